The van der Waals surface area contributed by atoms with Gasteiger partial charge in [0.1, 0.15) is 0 Å². The van der Waals surface area contributed by atoms with Crippen molar-refractivity contribution in [3.05, 3.63) is 11.6 Å². The lowest BCUT2D eigenvalue weighted by Crippen LogP contribution is -2.54. The predicted molar refractivity (Wildman–Crippen MR) is 92.4 cm³/mol. The molecule has 3 N–H and O–H groups in total. The summed E-state index contributed by atoms with van der Waals surface area (Å²) in [5.41, 5.74) is 8.52. The zero-order chi connectivity index (χ0) is 15.3. The fourth-order valence-electron chi connectivity index (χ4n) is 4.15. The molecular weight excluding hydrogens is 256 g/mol. The van der Waals surface area contributed by atoms with E-state index in [1.165, 1.54) is 57.8 Å². The Kier molecular flexibility index (Phi) is 5.90. The maximum atomic E-state index is 6.14. The molecule has 0 saturated heterocycles. The molecule has 2 nitrogen and oxygen atoms in total. The predicted octanol–water partition coefficient (Wildman–Crippen LogP) is 4.40. The van der Waals surface area contributed by atoms with Crippen LogP contribution < -0.4 is 11.1 Å². The summed E-state index contributed by atoms with van der Waals surface area (Å²) in [6.45, 7) is 9.12. The molecule has 0 aliphatic heterocycles. The van der Waals surface area contributed by atoms with E-state index in [9.17, 15) is 0 Å². The Hall–Kier alpha value is -0.340. The van der Waals surface area contributed by atoms with E-state index in [2.05, 4.69) is 32.2 Å². The SMILES string of the molecule is CCC(C)(C)C1CCC(CN)(NCCC2=CCCC2)CC1. The molecule has 0 amide bonds. The van der Waals surface area contributed by atoms with Gasteiger partial charge in [-0.3, -0.25) is 0 Å². The molecule has 1 saturated carbocycles. The second-order valence-corrected chi connectivity index (χ2v) is 8.03. The van der Waals surface area contributed by atoms with Crippen molar-refractivity contribution in [2.45, 2.75) is 84.1 Å². The first kappa shape index (κ1) is 17.0. The largest absolute Gasteiger partial charge is 0.329 e. The van der Waals surface area contributed by atoms with Crippen LogP contribution in [0.1, 0.15) is 78.6 Å². The first-order valence-electron chi connectivity index (χ1n) is 9.14. The Balaban J connectivity index is 1.80. The summed E-state index contributed by atoms with van der Waals surface area (Å²) in [5.74, 6) is 0.876. The van der Waals surface area contributed by atoms with Crippen LogP contribution in [0.2, 0.25) is 0 Å². The van der Waals surface area contributed by atoms with E-state index in [1.807, 2.05) is 0 Å². The molecule has 0 atom stereocenters. The standard InChI is InChI=1S/C19H36N2/c1-4-18(2,3)17-9-12-19(15-20,13-10-17)21-14-11-16-7-5-6-8-16/h7,17,21H,4-6,8-15,20H2,1-3H3. The highest BCUT2D eigenvalue weighted by Gasteiger charge is 2.38. The van der Waals surface area contributed by atoms with E-state index < -0.39 is 0 Å². The monoisotopic (exact) mass is 292 g/mol. The first-order chi connectivity index (χ1) is 10.0. The van der Waals surface area contributed by atoms with E-state index in [0.29, 0.717) is 5.41 Å². The Morgan fingerprint density at radius 2 is 2.05 bits per heavy atom. The second kappa shape index (κ2) is 7.28. The number of nitrogens with two attached hydrogens (primary N) is 1. The average molecular weight is 293 g/mol. The quantitative estimate of drug-likeness (QED) is 0.683. The van der Waals surface area contributed by atoms with Crippen molar-refractivity contribution in [3.8, 4) is 0 Å². The number of rotatable bonds is 7. The summed E-state index contributed by atoms with van der Waals surface area (Å²) in [5, 5.41) is 3.84. The van der Waals surface area contributed by atoms with Gasteiger partial charge < -0.3 is 11.1 Å². The summed E-state index contributed by atoms with van der Waals surface area (Å²) < 4.78 is 0. The van der Waals surface area contributed by atoms with Gasteiger partial charge in [0.15, 0.2) is 0 Å². The summed E-state index contributed by atoms with van der Waals surface area (Å²) in [6.07, 6.45) is 14.1. The minimum Gasteiger partial charge on any atom is -0.329 e. The summed E-state index contributed by atoms with van der Waals surface area (Å²) in [4.78, 5) is 0. The third-order valence-electron chi connectivity index (χ3n) is 6.43. The highest BCUT2D eigenvalue weighted by atomic mass is 15.0. The summed E-state index contributed by atoms with van der Waals surface area (Å²) in [7, 11) is 0. The van der Waals surface area contributed by atoms with Crippen LogP contribution in [-0.4, -0.2) is 18.6 Å². The molecule has 2 heteroatoms. The number of hydrogen-bond acceptors (Lipinski definition) is 2. The van der Waals surface area contributed by atoms with Gasteiger partial charge in [0.2, 0.25) is 0 Å². The number of hydrogen-bond donors (Lipinski definition) is 2. The molecule has 1 fully saturated rings. The van der Waals surface area contributed by atoms with Gasteiger partial charge in [-0.25, -0.2) is 0 Å². The first-order valence-corrected chi connectivity index (χ1v) is 9.14. The highest BCUT2D eigenvalue weighted by molar-refractivity contribution is 5.08. The van der Waals surface area contributed by atoms with Crippen LogP contribution in [0.25, 0.3) is 0 Å². The summed E-state index contributed by atoms with van der Waals surface area (Å²) in [6, 6.07) is 0. The van der Waals surface area contributed by atoms with Crippen LogP contribution >= 0.6 is 0 Å². The summed E-state index contributed by atoms with van der Waals surface area (Å²) >= 11 is 0. The van der Waals surface area contributed by atoms with Crippen LogP contribution in [-0.2, 0) is 0 Å². The van der Waals surface area contributed by atoms with Crippen LogP contribution in [0.4, 0.5) is 0 Å². The van der Waals surface area contributed by atoms with Crippen LogP contribution in [0.15, 0.2) is 11.6 Å². The van der Waals surface area contributed by atoms with Gasteiger partial charge in [-0.15, -0.1) is 0 Å². The molecule has 0 aromatic rings. The average Bonchev–Trinajstić information content (AvgIpc) is 3.01. The minimum atomic E-state index is 0.222. The molecule has 0 radical (unpaired) electrons. The molecule has 0 aromatic carbocycles. The van der Waals surface area contributed by atoms with Gasteiger partial charge in [0, 0.05) is 12.1 Å². The Labute approximate surface area is 131 Å². The fourth-order valence-corrected chi connectivity index (χ4v) is 4.15. The van der Waals surface area contributed by atoms with E-state index in [0.717, 1.165) is 19.0 Å². The van der Waals surface area contributed by atoms with E-state index in [1.54, 1.807) is 5.57 Å². The number of allylic oxidation sites excluding steroid dienone is 1. The maximum Gasteiger partial charge on any atom is 0.0304 e. The van der Waals surface area contributed by atoms with Gasteiger partial charge in [-0.2, -0.15) is 0 Å². The van der Waals surface area contributed by atoms with Crippen molar-refractivity contribution in [2.75, 3.05) is 13.1 Å². The molecular formula is C19H36N2. The third-order valence-corrected chi connectivity index (χ3v) is 6.43. The topological polar surface area (TPSA) is 38.0 Å². The molecule has 2 rings (SSSR count). The molecule has 2 aliphatic carbocycles. The van der Waals surface area contributed by atoms with Crippen molar-refractivity contribution in [1.82, 2.24) is 5.32 Å². The van der Waals surface area contributed by atoms with Gasteiger partial charge >= 0.3 is 0 Å². The second-order valence-electron chi connectivity index (χ2n) is 8.03. The van der Waals surface area contributed by atoms with Gasteiger partial charge in [-0.1, -0.05) is 38.8 Å². The van der Waals surface area contributed by atoms with Crippen molar-refractivity contribution >= 4 is 0 Å². The molecule has 21 heavy (non-hydrogen) atoms. The molecule has 0 bridgehead atoms. The van der Waals surface area contributed by atoms with Crippen molar-refractivity contribution < 1.29 is 0 Å². The molecule has 0 unspecified atom stereocenters. The van der Waals surface area contributed by atoms with E-state index >= 15 is 0 Å². The van der Waals surface area contributed by atoms with Crippen LogP contribution in [0, 0.1) is 11.3 Å². The molecule has 0 heterocycles. The molecule has 0 aromatic heterocycles. The zero-order valence-electron chi connectivity index (χ0n) is 14.5. The number of nitrogens with one attached hydrogen (secondary N) is 1. The van der Waals surface area contributed by atoms with Crippen LogP contribution in [0.3, 0.4) is 0 Å². The fraction of sp³-hybridized carbons (Fsp3) is 0.895. The Bertz CT molecular complexity index is 349. The lowest BCUT2D eigenvalue weighted by molar-refractivity contribution is 0.102. The van der Waals surface area contributed by atoms with Gasteiger partial charge in [-0.05, 0) is 69.2 Å². The normalized spacial score (nSPS) is 30.5. The molecule has 122 valence electrons. The smallest absolute Gasteiger partial charge is 0.0304 e. The lowest BCUT2D eigenvalue weighted by atomic mass is 9.65. The Morgan fingerprint density at radius 1 is 1.33 bits per heavy atom. The van der Waals surface area contributed by atoms with Gasteiger partial charge in [0.25, 0.3) is 0 Å². The molecule has 0 spiro atoms. The van der Waals surface area contributed by atoms with Gasteiger partial charge in [0.05, 0.1) is 0 Å². The maximum absolute atomic E-state index is 6.14. The Morgan fingerprint density at radius 3 is 2.57 bits per heavy atom. The van der Waals surface area contributed by atoms with Crippen LogP contribution in [0.5, 0.6) is 0 Å². The zero-order valence-corrected chi connectivity index (χ0v) is 14.5. The van der Waals surface area contributed by atoms with E-state index in [4.69, 9.17) is 5.73 Å². The van der Waals surface area contributed by atoms with Crippen molar-refractivity contribution in [3.63, 3.8) is 0 Å². The third kappa shape index (κ3) is 4.32. The van der Waals surface area contributed by atoms with Crippen molar-refractivity contribution in [1.29, 1.82) is 0 Å². The minimum absolute atomic E-state index is 0.222. The van der Waals surface area contributed by atoms with Crippen molar-refractivity contribution in [2.24, 2.45) is 17.1 Å². The lowest BCUT2D eigenvalue weighted by Gasteiger charge is -2.45. The highest BCUT2D eigenvalue weighted by Crippen LogP contribution is 2.43. The molecule has 2 aliphatic rings. The van der Waals surface area contributed by atoms with E-state index in [-0.39, 0.29) is 5.54 Å².